The van der Waals surface area contributed by atoms with Gasteiger partial charge >= 0.3 is 0 Å². The molecule has 0 saturated carbocycles. The van der Waals surface area contributed by atoms with Gasteiger partial charge in [-0.25, -0.2) is 0 Å². The third-order valence-corrected chi connectivity index (χ3v) is 6.33. The van der Waals surface area contributed by atoms with E-state index in [4.69, 9.17) is 14.3 Å². The Morgan fingerprint density at radius 2 is 1.79 bits per heavy atom. The summed E-state index contributed by atoms with van der Waals surface area (Å²) < 4.78 is 11.4. The van der Waals surface area contributed by atoms with Gasteiger partial charge in [0.2, 0.25) is 0 Å². The standard InChI is InChI=1S/C25H25NO3/c1-27-21-12-7-11-20(15-21)25-17-29-26(16-18-8-4-3-5-9-18)23(25)14-19-10-6-13-22(28-2)24(19)25/h3-13,15,23H,14,16-17H2,1-2H3/t23-,25+/m0/s1. The maximum absolute atomic E-state index is 6.35. The molecule has 2 atom stereocenters. The van der Waals surface area contributed by atoms with Crippen molar-refractivity contribution in [1.82, 2.24) is 5.06 Å². The SMILES string of the molecule is COc1cccc([C@]23CON(Cc4ccccc4)[C@H]2Cc2cccc(OC)c23)c1. The van der Waals surface area contributed by atoms with Gasteiger partial charge in [-0.15, -0.1) is 0 Å². The molecule has 0 amide bonds. The number of fused-ring (bicyclic) bond motifs is 3. The predicted octanol–water partition coefficient (Wildman–Crippen LogP) is 4.36. The van der Waals surface area contributed by atoms with Gasteiger partial charge in [-0.3, -0.25) is 4.84 Å². The summed E-state index contributed by atoms with van der Waals surface area (Å²) in [7, 11) is 3.46. The van der Waals surface area contributed by atoms with E-state index in [-0.39, 0.29) is 11.5 Å². The van der Waals surface area contributed by atoms with Crippen LogP contribution in [0.15, 0.2) is 72.8 Å². The Morgan fingerprint density at radius 3 is 2.59 bits per heavy atom. The van der Waals surface area contributed by atoms with Crippen molar-refractivity contribution in [2.24, 2.45) is 0 Å². The number of ether oxygens (including phenoxy) is 2. The average Bonchev–Trinajstić information content (AvgIpc) is 3.30. The zero-order chi connectivity index (χ0) is 19.8. The molecule has 0 N–H and O–H groups in total. The van der Waals surface area contributed by atoms with Gasteiger partial charge in [0.05, 0.1) is 32.3 Å². The lowest BCUT2D eigenvalue weighted by atomic mass is 9.73. The summed E-state index contributed by atoms with van der Waals surface area (Å²) >= 11 is 0. The molecular weight excluding hydrogens is 362 g/mol. The van der Waals surface area contributed by atoms with Crippen LogP contribution in [0.5, 0.6) is 11.5 Å². The van der Waals surface area contributed by atoms with Crippen LogP contribution in [-0.2, 0) is 23.2 Å². The van der Waals surface area contributed by atoms with Crippen molar-refractivity contribution < 1.29 is 14.3 Å². The molecule has 1 heterocycles. The van der Waals surface area contributed by atoms with E-state index in [9.17, 15) is 0 Å². The van der Waals surface area contributed by atoms with Crippen molar-refractivity contribution >= 4 is 0 Å². The maximum atomic E-state index is 6.35. The van der Waals surface area contributed by atoms with Crippen LogP contribution in [0.2, 0.25) is 0 Å². The Labute approximate surface area is 171 Å². The summed E-state index contributed by atoms with van der Waals surface area (Å²) in [4.78, 5) is 6.35. The second kappa shape index (κ2) is 7.21. The second-order valence-corrected chi connectivity index (χ2v) is 7.75. The van der Waals surface area contributed by atoms with Gasteiger partial charge < -0.3 is 9.47 Å². The van der Waals surface area contributed by atoms with Crippen LogP contribution in [0.3, 0.4) is 0 Å². The fraction of sp³-hybridized carbons (Fsp3) is 0.280. The molecule has 3 aromatic carbocycles. The van der Waals surface area contributed by atoms with Crippen molar-refractivity contribution in [1.29, 1.82) is 0 Å². The van der Waals surface area contributed by atoms with Gasteiger partial charge in [-0.2, -0.15) is 5.06 Å². The molecule has 4 heteroatoms. The molecule has 148 valence electrons. The van der Waals surface area contributed by atoms with Gasteiger partial charge in [0.25, 0.3) is 0 Å². The smallest absolute Gasteiger partial charge is 0.123 e. The first-order valence-electron chi connectivity index (χ1n) is 10.0. The van der Waals surface area contributed by atoms with E-state index in [0.717, 1.165) is 24.5 Å². The molecule has 0 aromatic heterocycles. The normalized spacial score (nSPS) is 22.9. The van der Waals surface area contributed by atoms with Crippen LogP contribution in [0.4, 0.5) is 0 Å². The number of methoxy groups -OCH3 is 2. The van der Waals surface area contributed by atoms with E-state index >= 15 is 0 Å². The van der Waals surface area contributed by atoms with Crippen LogP contribution in [0.25, 0.3) is 0 Å². The third-order valence-electron chi connectivity index (χ3n) is 6.33. The van der Waals surface area contributed by atoms with Crippen molar-refractivity contribution in [2.75, 3.05) is 20.8 Å². The Kier molecular flexibility index (Phi) is 4.53. The lowest BCUT2D eigenvalue weighted by molar-refractivity contribution is -0.139. The van der Waals surface area contributed by atoms with Crippen molar-refractivity contribution in [3.05, 3.63) is 95.1 Å². The molecule has 0 spiro atoms. The van der Waals surface area contributed by atoms with Crippen LogP contribution in [0, 0.1) is 0 Å². The molecule has 5 rings (SSSR count). The summed E-state index contributed by atoms with van der Waals surface area (Å²) in [6.07, 6.45) is 0.927. The number of hydrogen-bond donors (Lipinski definition) is 0. The maximum Gasteiger partial charge on any atom is 0.123 e. The molecule has 0 bridgehead atoms. The van der Waals surface area contributed by atoms with Gasteiger partial charge in [-0.1, -0.05) is 54.6 Å². The Hall–Kier alpha value is -2.82. The van der Waals surface area contributed by atoms with Crippen molar-refractivity contribution in [2.45, 2.75) is 24.4 Å². The van der Waals surface area contributed by atoms with Gasteiger partial charge in [0.1, 0.15) is 11.5 Å². The average molecular weight is 387 g/mol. The molecule has 1 aliphatic heterocycles. The van der Waals surface area contributed by atoms with Crippen molar-refractivity contribution in [3.63, 3.8) is 0 Å². The van der Waals surface area contributed by atoms with E-state index in [1.165, 1.54) is 22.3 Å². The Bertz CT molecular complexity index is 1020. The number of hydroxylamine groups is 2. The summed E-state index contributed by atoms with van der Waals surface area (Å²) in [6.45, 7) is 1.35. The summed E-state index contributed by atoms with van der Waals surface area (Å²) in [5.74, 6) is 1.79. The molecule has 1 fully saturated rings. The van der Waals surface area contributed by atoms with Crippen LogP contribution in [-0.4, -0.2) is 31.9 Å². The highest BCUT2D eigenvalue weighted by molar-refractivity contribution is 5.59. The first-order chi connectivity index (χ1) is 14.3. The van der Waals surface area contributed by atoms with Crippen molar-refractivity contribution in [3.8, 4) is 11.5 Å². The topological polar surface area (TPSA) is 30.9 Å². The lowest BCUT2D eigenvalue weighted by Crippen LogP contribution is -2.41. The molecule has 1 aliphatic carbocycles. The minimum Gasteiger partial charge on any atom is -0.497 e. The fourth-order valence-electron chi connectivity index (χ4n) is 5.00. The number of hydrogen-bond acceptors (Lipinski definition) is 4. The number of rotatable bonds is 5. The predicted molar refractivity (Wildman–Crippen MR) is 112 cm³/mol. The molecule has 1 saturated heterocycles. The second-order valence-electron chi connectivity index (χ2n) is 7.75. The highest BCUT2D eigenvalue weighted by Crippen LogP contribution is 2.54. The third kappa shape index (κ3) is 2.83. The minimum atomic E-state index is -0.286. The summed E-state index contributed by atoms with van der Waals surface area (Å²) in [5, 5.41) is 2.16. The lowest BCUT2D eigenvalue weighted by Gasteiger charge is -2.32. The zero-order valence-corrected chi connectivity index (χ0v) is 16.8. The zero-order valence-electron chi connectivity index (χ0n) is 16.8. The highest BCUT2D eigenvalue weighted by atomic mass is 16.7. The quantitative estimate of drug-likeness (QED) is 0.651. The molecule has 2 aliphatic rings. The molecule has 29 heavy (non-hydrogen) atoms. The minimum absolute atomic E-state index is 0.195. The molecule has 0 radical (unpaired) electrons. The Balaban J connectivity index is 1.64. The number of nitrogens with zero attached hydrogens (tertiary/aromatic N) is 1. The van der Waals surface area contributed by atoms with Gasteiger partial charge in [0.15, 0.2) is 0 Å². The molecule has 0 unspecified atom stereocenters. The highest BCUT2D eigenvalue weighted by Gasteiger charge is 2.57. The number of benzene rings is 3. The first-order valence-corrected chi connectivity index (χ1v) is 10.0. The monoisotopic (exact) mass is 387 g/mol. The van der Waals surface area contributed by atoms with Crippen LogP contribution < -0.4 is 9.47 Å². The first kappa shape index (κ1) is 18.2. The van der Waals surface area contributed by atoms with E-state index < -0.39 is 0 Å². The largest absolute Gasteiger partial charge is 0.497 e. The van der Waals surface area contributed by atoms with Gasteiger partial charge in [0, 0.05) is 12.1 Å². The van der Waals surface area contributed by atoms with E-state index in [2.05, 4.69) is 65.7 Å². The summed E-state index contributed by atoms with van der Waals surface area (Å²) in [6, 6.07) is 25.4. The van der Waals surface area contributed by atoms with E-state index in [1.54, 1.807) is 14.2 Å². The van der Waals surface area contributed by atoms with Crippen LogP contribution in [0.1, 0.15) is 22.3 Å². The summed E-state index contributed by atoms with van der Waals surface area (Å²) in [5.41, 5.74) is 4.75. The van der Waals surface area contributed by atoms with Gasteiger partial charge in [-0.05, 0) is 41.3 Å². The fourth-order valence-corrected chi connectivity index (χ4v) is 5.00. The molecule has 3 aromatic rings. The van der Waals surface area contributed by atoms with E-state index in [1.807, 2.05) is 12.1 Å². The molecular formula is C25H25NO3. The van der Waals surface area contributed by atoms with Crippen LogP contribution >= 0.6 is 0 Å². The Morgan fingerprint density at radius 1 is 0.966 bits per heavy atom. The van der Waals surface area contributed by atoms with E-state index in [0.29, 0.717) is 6.61 Å². The molecule has 4 nitrogen and oxygen atoms in total.